The molecule has 1 unspecified atom stereocenters. The molecule has 6 rings (SSSR count). The number of anilines is 1. The van der Waals surface area contributed by atoms with Crippen molar-refractivity contribution in [3.8, 4) is 5.75 Å². The van der Waals surface area contributed by atoms with E-state index in [1.165, 1.54) is 5.56 Å². The van der Waals surface area contributed by atoms with E-state index in [2.05, 4.69) is 32.5 Å². The molecule has 36 heavy (non-hydrogen) atoms. The number of fused-ring (bicyclic) bond motifs is 3. The number of hydrogen-bond acceptors (Lipinski definition) is 6. The summed E-state index contributed by atoms with van der Waals surface area (Å²) in [6.07, 6.45) is 7.61. The van der Waals surface area contributed by atoms with Crippen LogP contribution in [0.2, 0.25) is 0 Å². The first-order valence-corrected chi connectivity index (χ1v) is 13.3. The van der Waals surface area contributed by atoms with Crippen LogP contribution in [-0.2, 0) is 6.42 Å². The number of likely N-dealkylation sites (N-methyl/N-ethyl adjacent to an activating group) is 1. The molecule has 1 aromatic carbocycles. The molecule has 4 atom stereocenters. The molecule has 0 aliphatic carbocycles. The smallest absolute Gasteiger partial charge is 0.253 e. The Morgan fingerprint density at radius 3 is 2.47 bits per heavy atom. The van der Waals surface area contributed by atoms with Crippen molar-refractivity contribution >= 4 is 17.6 Å². The number of benzene rings is 1. The lowest BCUT2D eigenvalue weighted by molar-refractivity contribution is 0.0922. The van der Waals surface area contributed by atoms with E-state index in [1.807, 2.05) is 31.2 Å². The Labute approximate surface area is 212 Å². The quantitative estimate of drug-likeness (QED) is 0.672. The number of nitrogens with zero attached hydrogens (tertiary/aromatic N) is 3. The van der Waals surface area contributed by atoms with E-state index in [1.54, 1.807) is 6.20 Å². The molecule has 4 aliphatic heterocycles. The van der Waals surface area contributed by atoms with Crippen molar-refractivity contribution in [2.45, 2.75) is 69.6 Å². The predicted octanol–water partition coefficient (Wildman–Crippen LogP) is 2.69. The average Bonchev–Trinajstić information content (AvgIpc) is 3.57. The largest absolute Gasteiger partial charge is 0.493 e. The summed E-state index contributed by atoms with van der Waals surface area (Å²) in [6.45, 7) is 4.59. The van der Waals surface area contributed by atoms with Gasteiger partial charge in [0.2, 0.25) is 0 Å². The maximum Gasteiger partial charge on any atom is 0.253 e. The molecule has 3 saturated heterocycles. The van der Waals surface area contributed by atoms with Gasteiger partial charge in [-0.3, -0.25) is 9.59 Å². The summed E-state index contributed by atoms with van der Waals surface area (Å²) in [5, 5.41) is 6.43. The van der Waals surface area contributed by atoms with Crippen LogP contribution in [0, 0.1) is 6.92 Å². The fraction of sp³-hybridized carbons (Fsp3) is 0.536. The van der Waals surface area contributed by atoms with Crippen LogP contribution in [0.5, 0.6) is 5.75 Å². The molecule has 0 radical (unpaired) electrons. The zero-order valence-corrected chi connectivity index (χ0v) is 21.1. The van der Waals surface area contributed by atoms with Crippen LogP contribution in [0.1, 0.15) is 63.9 Å². The Bertz CT molecular complexity index is 1150. The summed E-state index contributed by atoms with van der Waals surface area (Å²) in [5.74, 6) is 1.75. The van der Waals surface area contributed by atoms with Crippen LogP contribution in [0.15, 0.2) is 30.5 Å². The highest BCUT2D eigenvalue weighted by Gasteiger charge is 2.42. The van der Waals surface area contributed by atoms with Gasteiger partial charge in [-0.15, -0.1) is 0 Å². The molecule has 1 aromatic heterocycles. The first-order valence-electron chi connectivity index (χ1n) is 13.3. The second kappa shape index (κ2) is 9.39. The van der Waals surface area contributed by atoms with Crippen molar-refractivity contribution in [3.63, 3.8) is 0 Å². The highest BCUT2D eigenvalue weighted by atomic mass is 16.5. The molecule has 190 valence electrons. The Morgan fingerprint density at radius 1 is 1.00 bits per heavy atom. The Hall–Kier alpha value is -3.13. The van der Waals surface area contributed by atoms with Gasteiger partial charge in [0.05, 0.1) is 12.2 Å². The molecule has 2 N–H and O–H groups in total. The second-order valence-electron chi connectivity index (χ2n) is 10.9. The number of likely N-dealkylation sites (tertiary alicyclic amines) is 1. The van der Waals surface area contributed by atoms with Gasteiger partial charge >= 0.3 is 0 Å². The zero-order chi connectivity index (χ0) is 24.8. The number of aromatic nitrogens is 1. The number of pyridine rings is 1. The lowest BCUT2D eigenvalue weighted by atomic mass is 9.96. The third kappa shape index (κ3) is 4.32. The van der Waals surface area contributed by atoms with Gasteiger partial charge in [0.1, 0.15) is 11.6 Å². The van der Waals surface area contributed by atoms with Crippen LogP contribution < -0.4 is 20.3 Å². The van der Waals surface area contributed by atoms with E-state index < -0.39 is 0 Å². The van der Waals surface area contributed by atoms with Gasteiger partial charge < -0.3 is 25.2 Å². The van der Waals surface area contributed by atoms with Crippen molar-refractivity contribution in [2.75, 3.05) is 31.6 Å². The van der Waals surface area contributed by atoms with Gasteiger partial charge in [-0.25, -0.2) is 4.98 Å². The summed E-state index contributed by atoms with van der Waals surface area (Å²) < 4.78 is 5.76. The topological polar surface area (TPSA) is 86.8 Å². The Balaban J connectivity index is 1.08. The molecule has 2 bridgehead atoms. The average molecular weight is 490 g/mol. The van der Waals surface area contributed by atoms with E-state index in [4.69, 9.17) is 4.74 Å². The van der Waals surface area contributed by atoms with Crippen molar-refractivity contribution in [2.24, 2.45) is 0 Å². The molecular formula is C28H35N5O3. The Morgan fingerprint density at radius 2 is 1.78 bits per heavy atom. The lowest BCUT2D eigenvalue weighted by Crippen LogP contribution is -2.50. The van der Waals surface area contributed by atoms with Gasteiger partial charge in [-0.1, -0.05) is 6.07 Å². The van der Waals surface area contributed by atoms with Crippen LogP contribution in [0.4, 0.5) is 5.82 Å². The number of carbonyl (C=O) groups is 2. The van der Waals surface area contributed by atoms with Crippen LogP contribution >= 0.6 is 0 Å². The summed E-state index contributed by atoms with van der Waals surface area (Å²) in [6, 6.07) is 8.89. The van der Waals surface area contributed by atoms with Crippen molar-refractivity contribution in [1.29, 1.82) is 0 Å². The van der Waals surface area contributed by atoms with Crippen LogP contribution in [0.3, 0.4) is 0 Å². The number of piperidine rings is 1. The van der Waals surface area contributed by atoms with Crippen molar-refractivity contribution in [3.05, 3.63) is 52.7 Å². The molecule has 8 heteroatoms. The first-order chi connectivity index (χ1) is 17.5. The highest BCUT2D eigenvalue weighted by Crippen LogP contribution is 2.39. The van der Waals surface area contributed by atoms with Gasteiger partial charge in [-0.2, -0.15) is 0 Å². The van der Waals surface area contributed by atoms with E-state index in [-0.39, 0.29) is 23.9 Å². The number of amides is 2. The molecule has 8 nitrogen and oxygen atoms in total. The molecule has 2 amide bonds. The molecule has 0 spiro atoms. The minimum atomic E-state index is -0.0500. The number of carbonyl (C=O) groups excluding carboxylic acids is 2. The maximum absolute atomic E-state index is 13.1. The predicted molar refractivity (Wildman–Crippen MR) is 138 cm³/mol. The molecule has 0 saturated carbocycles. The molecule has 3 fully saturated rings. The van der Waals surface area contributed by atoms with E-state index in [0.29, 0.717) is 29.8 Å². The van der Waals surface area contributed by atoms with Gasteiger partial charge in [0.15, 0.2) is 0 Å². The van der Waals surface area contributed by atoms with Crippen LogP contribution in [0.25, 0.3) is 0 Å². The number of hydrogen-bond donors (Lipinski definition) is 2. The summed E-state index contributed by atoms with van der Waals surface area (Å²) in [7, 11) is 2.08. The number of rotatable bonds is 5. The Kier molecular flexibility index (Phi) is 6.07. The van der Waals surface area contributed by atoms with Gasteiger partial charge in [-0.05, 0) is 76.4 Å². The van der Waals surface area contributed by atoms with E-state index >= 15 is 0 Å². The molecule has 5 heterocycles. The fourth-order valence-electron chi connectivity index (χ4n) is 6.58. The minimum absolute atomic E-state index is 0.00871. The second-order valence-corrected chi connectivity index (χ2v) is 10.9. The van der Waals surface area contributed by atoms with Gasteiger partial charge in [0.25, 0.3) is 11.8 Å². The highest BCUT2D eigenvalue weighted by molar-refractivity contribution is 5.97. The maximum atomic E-state index is 13.1. The third-order valence-electron chi connectivity index (χ3n) is 8.42. The normalized spacial score (nSPS) is 27.0. The standard InChI is InChI=1S/C28H35N5O3/c1-17-24(7-3-18-10-12-36-26(17)18)28(35)31-21-13-22-5-6-23(14-21)33(22)25-8-4-19(15-29-25)27(34)30-20-9-11-32(2)16-20/h3-4,7-8,15,20-23H,5-6,9-14,16H2,1-2H3,(H,30,34)(H,31,35)/t20-,21?,22-,23+/m0/s1. The SMILES string of the molecule is Cc1c(C(=O)NC2C[C@H]3CC[C@@H](C2)N3c2ccc(C(=O)N[C@H]3CCN(C)C3)cn2)ccc2c1OCC2. The summed E-state index contributed by atoms with van der Waals surface area (Å²) in [5.41, 5.74) is 3.45. The first kappa shape index (κ1) is 23.3. The molecule has 2 aromatic rings. The summed E-state index contributed by atoms with van der Waals surface area (Å²) in [4.78, 5) is 35.1. The van der Waals surface area contributed by atoms with Crippen LogP contribution in [-0.4, -0.2) is 72.6 Å². The number of nitrogens with one attached hydrogen (secondary N) is 2. The molecule has 4 aliphatic rings. The zero-order valence-electron chi connectivity index (χ0n) is 21.1. The summed E-state index contributed by atoms with van der Waals surface area (Å²) >= 11 is 0. The van der Waals surface area contributed by atoms with Crippen molar-refractivity contribution in [1.82, 2.24) is 20.5 Å². The van der Waals surface area contributed by atoms with E-state index in [9.17, 15) is 9.59 Å². The monoisotopic (exact) mass is 489 g/mol. The van der Waals surface area contributed by atoms with Crippen molar-refractivity contribution < 1.29 is 14.3 Å². The van der Waals surface area contributed by atoms with Gasteiger partial charge in [0, 0.05) is 54.5 Å². The third-order valence-corrected chi connectivity index (χ3v) is 8.42. The fourth-order valence-corrected chi connectivity index (χ4v) is 6.58. The minimum Gasteiger partial charge on any atom is -0.493 e. The van der Waals surface area contributed by atoms with E-state index in [0.717, 1.165) is 68.7 Å². The molecular weight excluding hydrogens is 454 g/mol. The lowest BCUT2D eigenvalue weighted by Gasteiger charge is -2.40. The number of ether oxygens (including phenoxy) is 1.